The maximum atomic E-state index is 11.5. The second kappa shape index (κ2) is 11.3. The number of hydrogen-bond donors (Lipinski definition) is 10. The zero-order chi connectivity index (χ0) is 25.3. The molecule has 0 aromatic carbocycles. The fourth-order valence-corrected chi connectivity index (χ4v) is 3.98. The molecular formula is C18H30O16. The highest BCUT2D eigenvalue weighted by Gasteiger charge is 2.54. The Labute approximate surface area is 192 Å². The number of carboxylic acids is 1. The van der Waals surface area contributed by atoms with Crippen molar-refractivity contribution in [2.45, 2.75) is 92.4 Å². The minimum atomic E-state index is -2.11. The summed E-state index contributed by atoms with van der Waals surface area (Å²) in [6.45, 7) is -1.44. The van der Waals surface area contributed by atoms with Crippen LogP contribution in [-0.4, -0.2) is 156 Å². The molecular weight excluding hydrogens is 472 g/mol. The number of rotatable bonds is 7. The Morgan fingerprint density at radius 1 is 0.706 bits per heavy atom. The third-order valence-corrected chi connectivity index (χ3v) is 5.93. The molecule has 34 heavy (non-hydrogen) atoms. The molecule has 0 aromatic heterocycles. The van der Waals surface area contributed by atoms with Crippen LogP contribution in [0.25, 0.3) is 0 Å². The molecule has 0 aliphatic carbocycles. The van der Waals surface area contributed by atoms with Crippen molar-refractivity contribution in [3.05, 3.63) is 0 Å². The van der Waals surface area contributed by atoms with Gasteiger partial charge in [0.1, 0.15) is 54.9 Å². The fourth-order valence-electron chi connectivity index (χ4n) is 3.98. The lowest BCUT2D eigenvalue weighted by molar-refractivity contribution is -0.380. The zero-order valence-electron chi connectivity index (χ0n) is 17.6. The van der Waals surface area contributed by atoms with E-state index >= 15 is 0 Å². The van der Waals surface area contributed by atoms with Gasteiger partial charge in [-0.05, 0) is 0 Å². The van der Waals surface area contributed by atoms with E-state index in [1.807, 2.05) is 0 Å². The Morgan fingerprint density at radius 3 is 1.88 bits per heavy atom. The average molecular weight is 502 g/mol. The van der Waals surface area contributed by atoms with Gasteiger partial charge in [0.05, 0.1) is 19.3 Å². The molecule has 14 atom stereocenters. The summed E-state index contributed by atoms with van der Waals surface area (Å²) in [6.07, 6.45) is -24.3. The fraction of sp³-hybridized carbons (Fsp3) is 0.944. The first-order valence-corrected chi connectivity index (χ1v) is 10.5. The normalized spacial score (nSPS) is 50.1. The predicted octanol–water partition coefficient (Wildman–Crippen LogP) is -6.45. The Balaban J connectivity index is 1.84. The largest absolute Gasteiger partial charge is 0.479 e. The minimum absolute atomic E-state index is 0.307. The van der Waals surface area contributed by atoms with Crippen molar-refractivity contribution in [1.29, 1.82) is 0 Å². The molecule has 7 unspecified atom stereocenters. The molecule has 0 aromatic rings. The lowest BCUT2D eigenvalue weighted by Crippen LogP contribution is -2.66. The number of carboxylic acid groups (broad SMARTS) is 1. The van der Waals surface area contributed by atoms with Crippen LogP contribution < -0.4 is 0 Å². The van der Waals surface area contributed by atoms with Gasteiger partial charge in [-0.1, -0.05) is 0 Å². The topological polar surface area (TPSA) is 266 Å². The van der Waals surface area contributed by atoms with E-state index in [1.54, 1.807) is 0 Å². The summed E-state index contributed by atoms with van der Waals surface area (Å²) in [7, 11) is 0. The van der Waals surface area contributed by atoms with Crippen LogP contribution in [0, 0.1) is 0 Å². The molecule has 0 saturated carbocycles. The van der Waals surface area contributed by atoms with E-state index in [0.717, 1.165) is 0 Å². The van der Waals surface area contributed by atoms with Gasteiger partial charge >= 0.3 is 5.97 Å². The van der Waals surface area contributed by atoms with Gasteiger partial charge in [-0.25, -0.2) is 4.79 Å². The first-order chi connectivity index (χ1) is 16.0. The van der Waals surface area contributed by atoms with Gasteiger partial charge in [-0.15, -0.1) is 0 Å². The molecule has 16 heteroatoms. The molecule has 198 valence electrons. The molecule has 0 radical (unpaired) electrons. The first-order valence-electron chi connectivity index (χ1n) is 10.5. The van der Waals surface area contributed by atoms with E-state index in [2.05, 4.69) is 0 Å². The van der Waals surface area contributed by atoms with Crippen LogP contribution in [0.3, 0.4) is 0 Å². The highest BCUT2D eigenvalue weighted by molar-refractivity contribution is 5.73. The van der Waals surface area contributed by atoms with Gasteiger partial charge in [0.15, 0.2) is 25.0 Å². The van der Waals surface area contributed by atoms with Crippen molar-refractivity contribution in [3.63, 3.8) is 0 Å². The zero-order valence-corrected chi connectivity index (χ0v) is 17.6. The van der Waals surface area contributed by atoms with Crippen LogP contribution in [-0.2, 0) is 28.5 Å². The van der Waals surface area contributed by atoms with Gasteiger partial charge in [0.2, 0.25) is 0 Å². The molecule has 16 nitrogen and oxygen atoms in total. The Hall–Kier alpha value is -1.09. The summed E-state index contributed by atoms with van der Waals surface area (Å²) in [5.41, 5.74) is 0. The van der Waals surface area contributed by atoms with Crippen molar-refractivity contribution >= 4 is 5.97 Å². The lowest BCUT2D eigenvalue weighted by atomic mass is 9.96. The van der Waals surface area contributed by atoms with E-state index in [4.69, 9.17) is 23.7 Å². The van der Waals surface area contributed by atoms with Gasteiger partial charge < -0.3 is 74.7 Å². The lowest BCUT2D eigenvalue weighted by Gasteiger charge is -2.47. The molecule has 0 spiro atoms. The second-order valence-corrected chi connectivity index (χ2v) is 8.27. The van der Waals surface area contributed by atoms with E-state index in [0.29, 0.717) is 0 Å². The van der Waals surface area contributed by atoms with E-state index in [1.165, 1.54) is 0 Å². The summed E-state index contributed by atoms with van der Waals surface area (Å²) in [5, 5.41) is 99.0. The van der Waals surface area contributed by atoms with Crippen molar-refractivity contribution in [2.24, 2.45) is 0 Å². The van der Waals surface area contributed by atoms with Crippen LogP contribution in [0.4, 0.5) is 0 Å². The Morgan fingerprint density at radius 2 is 1.29 bits per heavy atom. The SMILES string of the molecule is O=C(O)C1O[C@@H](O)C(O[C@@H]2OC(CO)[C@H](O)C(O)C2O)C(O[C@@H]2O[C@@H](CO)C(O)C[C@@H]2O)[C@@H]1O. The van der Waals surface area contributed by atoms with E-state index in [9.17, 15) is 55.9 Å². The highest BCUT2D eigenvalue weighted by Crippen LogP contribution is 2.32. The van der Waals surface area contributed by atoms with E-state index < -0.39 is 105 Å². The molecule has 3 aliphatic heterocycles. The van der Waals surface area contributed by atoms with Crippen molar-refractivity contribution < 1.29 is 79.5 Å². The molecule has 0 amide bonds. The number of carbonyl (C=O) groups is 1. The first kappa shape index (κ1) is 27.5. The van der Waals surface area contributed by atoms with Crippen molar-refractivity contribution in [1.82, 2.24) is 0 Å². The molecule has 3 saturated heterocycles. The summed E-state index contributed by atoms with van der Waals surface area (Å²) in [6, 6.07) is 0. The van der Waals surface area contributed by atoms with Gasteiger partial charge in [0.25, 0.3) is 0 Å². The van der Waals surface area contributed by atoms with Gasteiger partial charge in [0, 0.05) is 6.42 Å². The van der Waals surface area contributed by atoms with Gasteiger partial charge in [-0.2, -0.15) is 0 Å². The van der Waals surface area contributed by atoms with Crippen LogP contribution in [0.2, 0.25) is 0 Å². The van der Waals surface area contributed by atoms with E-state index in [-0.39, 0.29) is 6.42 Å². The smallest absolute Gasteiger partial charge is 0.335 e. The number of ether oxygens (including phenoxy) is 5. The monoisotopic (exact) mass is 502 g/mol. The molecule has 3 aliphatic rings. The number of aliphatic hydroxyl groups is 9. The summed E-state index contributed by atoms with van der Waals surface area (Å²) >= 11 is 0. The van der Waals surface area contributed by atoms with Crippen LogP contribution in [0.1, 0.15) is 6.42 Å². The van der Waals surface area contributed by atoms with Crippen molar-refractivity contribution in [2.75, 3.05) is 13.2 Å². The molecule has 3 fully saturated rings. The van der Waals surface area contributed by atoms with Crippen LogP contribution in [0.5, 0.6) is 0 Å². The summed E-state index contributed by atoms with van der Waals surface area (Å²) < 4.78 is 26.3. The highest BCUT2D eigenvalue weighted by atomic mass is 16.8. The predicted molar refractivity (Wildman–Crippen MR) is 100 cm³/mol. The maximum Gasteiger partial charge on any atom is 0.335 e. The number of aliphatic carboxylic acids is 1. The average Bonchev–Trinajstić information content (AvgIpc) is 2.79. The third-order valence-electron chi connectivity index (χ3n) is 5.93. The number of hydrogen-bond acceptors (Lipinski definition) is 15. The van der Waals surface area contributed by atoms with Crippen molar-refractivity contribution in [3.8, 4) is 0 Å². The second-order valence-electron chi connectivity index (χ2n) is 8.27. The third kappa shape index (κ3) is 5.50. The molecule has 0 bridgehead atoms. The summed E-state index contributed by atoms with van der Waals surface area (Å²) in [4.78, 5) is 11.5. The molecule has 3 rings (SSSR count). The van der Waals surface area contributed by atoms with Gasteiger partial charge in [-0.3, -0.25) is 0 Å². The standard InChI is InChI=1S/C18H30O16/c19-2-6-4(21)1-5(22)17(30-6)33-12-11(26)13(15(27)28)32-16(29)14(12)34-18-10(25)9(24)8(23)7(3-20)31-18/h4-14,16-26,29H,1-3H2,(H,27,28)/t4?,5-,6-,7?,8-,9?,10?,11-,12?,13?,14?,16+,17-,18-/m0/s1. The maximum absolute atomic E-state index is 11.5. The van der Waals surface area contributed by atoms with Crippen LogP contribution >= 0.6 is 0 Å². The van der Waals surface area contributed by atoms with Crippen LogP contribution in [0.15, 0.2) is 0 Å². The quantitative estimate of drug-likeness (QED) is 0.155. The Bertz CT molecular complexity index is 678. The molecule has 10 N–H and O–H groups in total. The minimum Gasteiger partial charge on any atom is -0.479 e. The summed E-state index contributed by atoms with van der Waals surface area (Å²) in [5.74, 6) is -1.68. The molecule has 3 heterocycles. The Kier molecular flexibility index (Phi) is 9.15. The number of aliphatic hydroxyl groups excluding tert-OH is 9.